The van der Waals surface area contributed by atoms with Crippen molar-refractivity contribution < 1.29 is 152 Å². The molecular formula is C90H45F15O18. The van der Waals surface area contributed by atoms with Crippen LogP contribution in [-0.4, -0.2) is 164 Å². The van der Waals surface area contributed by atoms with Crippen LogP contribution in [0.15, 0.2) is 66.9 Å². The number of hydrogen-bond donors (Lipinski definition) is 0. The Hall–Kier alpha value is -11.3. The molecule has 0 fully saturated rings. The first-order valence-electron chi connectivity index (χ1n) is 41.0. The van der Waals surface area contributed by atoms with E-state index in [2.05, 4.69) is 0 Å². The number of hydrogen-bond acceptors (Lipinski definition) is 18. The van der Waals surface area contributed by atoms with Crippen molar-refractivity contribution >= 4 is 119 Å². The van der Waals surface area contributed by atoms with Gasteiger partial charge in [0.1, 0.15) is 0 Å². The van der Waals surface area contributed by atoms with Crippen LogP contribution in [0.2, 0.25) is 0 Å². The van der Waals surface area contributed by atoms with Gasteiger partial charge in [-0.1, -0.05) is 0 Å². The third-order valence-corrected chi connectivity index (χ3v) is 35.3. The number of benzene rings is 5. The average Bonchev–Trinajstić information content (AvgIpc) is 1.34. The van der Waals surface area contributed by atoms with E-state index in [1.807, 2.05) is 0 Å². The number of carbonyl (C=O) groups excluding carboxylic acids is 9. The lowest BCUT2D eigenvalue weighted by atomic mass is 9.41. The zero-order valence-electron chi connectivity index (χ0n) is 64.4. The van der Waals surface area contributed by atoms with Gasteiger partial charge >= 0.3 is 53.7 Å². The molecular weight excluding hydrogens is 1650 g/mol. The third-order valence-electron chi connectivity index (χ3n) is 35.3. The largest absolute Gasteiger partial charge is 0.465 e. The van der Waals surface area contributed by atoms with Crippen LogP contribution in [-0.2, 0) is 136 Å². The number of allylic oxidation sites excluding steroid dienone is 18. The second kappa shape index (κ2) is 16.3. The summed E-state index contributed by atoms with van der Waals surface area (Å²) >= 11 is 0. The molecule has 0 radical (unpaired) electrons. The molecule has 5 aromatic rings. The summed E-state index contributed by atoms with van der Waals surface area (Å²) in [5, 5.41) is -5.33. The Bertz CT molecular complexity index is 6790. The third kappa shape index (κ3) is 3.89. The van der Waals surface area contributed by atoms with Crippen LogP contribution in [0.4, 0.5) is 65.9 Å². The van der Waals surface area contributed by atoms with Gasteiger partial charge in [-0.05, 0) is 212 Å². The van der Waals surface area contributed by atoms with Crippen LogP contribution in [0.3, 0.4) is 0 Å². The van der Waals surface area contributed by atoms with E-state index in [-0.39, 0.29) is 0 Å². The minimum atomic E-state index is -6.25. The smallest absolute Gasteiger partial charge is 0.336 e. The molecule has 0 N–H and O–H groups in total. The number of ether oxygens (including phenoxy) is 9. The van der Waals surface area contributed by atoms with Crippen molar-refractivity contribution in [2.75, 3.05) is 59.5 Å². The van der Waals surface area contributed by atoms with Gasteiger partial charge in [-0.15, -0.1) is 0 Å². The molecule has 0 aromatic heterocycles. The Morgan fingerprint density at radius 2 is 0.317 bits per heavy atom. The van der Waals surface area contributed by atoms with E-state index in [0.717, 1.165) is 62.3 Å². The summed E-state index contributed by atoms with van der Waals surface area (Å²) in [6.45, 7) is 0.954. The maximum atomic E-state index is 23.8. The summed E-state index contributed by atoms with van der Waals surface area (Å²) in [5.41, 5.74) is -184. The summed E-state index contributed by atoms with van der Waals surface area (Å²) in [5.74, 6) is -20.0. The lowest BCUT2D eigenvalue weighted by Crippen LogP contribution is -2.83. The van der Waals surface area contributed by atoms with Crippen LogP contribution in [0, 0.1) is 16.2 Å². The van der Waals surface area contributed by atoms with E-state index < -0.39 is 463 Å². The molecule has 0 heterocycles. The molecule has 18 nitrogen and oxygen atoms in total. The first kappa shape index (κ1) is 68.2. The predicted octanol–water partition coefficient (Wildman–Crippen LogP) is 11.8. The summed E-state index contributed by atoms with van der Waals surface area (Å²) in [6.07, 6.45) is 0. The highest BCUT2D eigenvalue weighted by molar-refractivity contribution is 6.48. The molecule has 5 aromatic carbocycles. The first-order chi connectivity index (χ1) is 58.3. The van der Waals surface area contributed by atoms with Gasteiger partial charge in [0.15, 0.2) is 0 Å². The van der Waals surface area contributed by atoms with Gasteiger partial charge in [-0.3, -0.25) is 43.2 Å². The standard InChI is InChI=1S/C90H45F15O18/c1-10-115-61(106)73(62(107)116-11-2,63(108)117-12-3)70-37-19-20-22-24-23-21(19)39-27-25(37)31-43-33(27)48-53-50-35-29(41(23)71(39,53)74(64(109)118-13-4,65(110)119-14-5)66(111)120-15-6)30-36-45(35)78(93)89(104)59-57-55-56-58-60(59)90(78,105)84(99)51(36)54-49-34-28(40(22)72(54,42(24)30)75(67(112)121-16-7,68(113)122-17-8)69(114)123-18-9)26(38(20)70)32-44(34)77(92,88(58,103)82(49,84)97)86(56,101)80(95)47(32)52(70)46(31)79(80,94)85(55,100)76(43,91)87(57,102)81(48,96)83(50,89)98/h10-18H2,1-9H3. The minimum Gasteiger partial charge on any atom is -0.465 e. The Labute approximate surface area is 674 Å². The second-order valence-electron chi connectivity index (χ2n) is 36.6. The summed E-state index contributed by atoms with van der Waals surface area (Å²) in [4.78, 5) is 157. The van der Waals surface area contributed by atoms with Crippen molar-refractivity contribution in [2.45, 2.75) is 164 Å². The summed E-state index contributed by atoms with van der Waals surface area (Å²) < 4.78 is 408. The molecule has 18 unspecified atom stereocenters. The number of rotatable bonds is 21. The molecule has 27 aliphatic rings. The Morgan fingerprint density at radius 1 is 0.187 bits per heavy atom. The van der Waals surface area contributed by atoms with Gasteiger partial charge in [0.25, 0.3) is 16.2 Å². The highest BCUT2D eigenvalue weighted by Gasteiger charge is 3.17. The topological polar surface area (TPSA) is 237 Å². The molecule has 0 bridgehead atoms. The molecule has 123 heavy (non-hydrogen) atoms. The van der Waals surface area contributed by atoms with E-state index in [0.29, 0.717) is 0 Å². The van der Waals surface area contributed by atoms with Gasteiger partial charge in [-0.25, -0.2) is 65.9 Å². The Morgan fingerprint density at radius 3 is 0.463 bits per heavy atom. The quantitative estimate of drug-likeness (QED) is 0.0218. The summed E-state index contributed by atoms with van der Waals surface area (Å²) in [6, 6.07) is 0. The van der Waals surface area contributed by atoms with E-state index in [4.69, 9.17) is 42.6 Å². The van der Waals surface area contributed by atoms with Gasteiger partial charge < -0.3 is 42.6 Å². The summed E-state index contributed by atoms with van der Waals surface area (Å²) in [7, 11) is 0. The van der Waals surface area contributed by atoms with Gasteiger partial charge in [0.2, 0.25) is 85.0 Å². The lowest BCUT2D eigenvalue weighted by Gasteiger charge is -2.65. The molecule has 18 atom stereocenters. The number of halogens is 15. The molecule has 27 aliphatic carbocycles. The van der Waals surface area contributed by atoms with Crippen molar-refractivity contribution in [3.8, 4) is 0 Å². The number of alkyl halides is 15. The molecule has 0 spiro atoms. The van der Waals surface area contributed by atoms with Gasteiger partial charge in [-0.2, -0.15) is 0 Å². The molecule has 0 saturated heterocycles. The maximum Gasteiger partial charge on any atom is 0.336 e. The fourth-order valence-electron chi connectivity index (χ4n) is 34.1. The van der Waals surface area contributed by atoms with E-state index in [9.17, 15) is 0 Å². The van der Waals surface area contributed by atoms with Crippen LogP contribution in [0.5, 0.6) is 0 Å². The predicted molar refractivity (Wildman–Crippen MR) is 379 cm³/mol. The van der Waals surface area contributed by atoms with Crippen LogP contribution in [0.25, 0.3) is 65.8 Å². The average molecular weight is 1700 g/mol. The zero-order chi connectivity index (χ0) is 85.7. The highest BCUT2D eigenvalue weighted by atomic mass is 19.2. The van der Waals surface area contributed by atoms with Crippen molar-refractivity contribution in [2.24, 2.45) is 16.2 Å². The van der Waals surface area contributed by atoms with E-state index >= 15 is 109 Å². The monoisotopic (exact) mass is 1700 g/mol. The lowest BCUT2D eigenvalue weighted by molar-refractivity contribution is -0.289. The molecule has 0 amide bonds. The van der Waals surface area contributed by atoms with Crippen LogP contribution >= 0.6 is 0 Å². The molecule has 0 aliphatic heterocycles. The maximum absolute atomic E-state index is 23.8. The minimum absolute atomic E-state index is 0.888. The first-order valence-corrected chi connectivity index (χ1v) is 41.0. The fourth-order valence-corrected chi connectivity index (χ4v) is 34.1. The Balaban J connectivity index is 1.03. The van der Waals surface area contributed by atoms with Crippen molar-refractivity contribution in [1.82, 2.24) is 0 Å². The van der Waals surface area contributed by atoms with Gasteiger partial charge in [0, 0.05) is 83.5 Å². The molecule has 0 saturated carbocycles. The van der Waals surface area contributed by atoms with Crippen LogP contribution in [0.1, 0.15) is 162 Å². The number of esters is 9. The Kier molecular flexibility index (Phi) is 9.05. The van der Waals surface area contributed by atoms with E-state index in [1.165, 1.54) is 0 Å². The SMILES string of the molecule is CCOC(=O)C(C(=O)OCC)(C(=O)OCC)C12C3=C4C5=C6C7=C8C9=C%10C%11=C%12C%13=C%14C%15=C%16C%17=C%18C(=C3C3(F)C4(F)C4(F)c%19c%20c%21c%22c%23c%19C3(F)C%18(F)C%23(F)C%16(F)C%14(F)C%22(F)C%12(F)C%21(F)C%10(F)C8(F)C%20(F)C64F)c3c%17c4c6c(c31)c1c2c5c7c2c1c1c(c%11c%13c(c16)C%154C(C(=O)OCC)(C(=O)OCC)C(=O)OCC)C92C(C(=O)OCC)(C(=O)OCC)C(=O)OCC. The fraction of sp³-hybridized carbons (Fsp3) is 0.433. The molecule has 618 valence electrons. The molecule has 33 heteroatoms. The van der Waals surface area contributed by atoms with Crippen molar-refractivity contribution in [3.63, 3.8) is 0 Å². The van der Waals surface area contributed by atoms with Crippen molar-refractivity contribution in [1.29, 1.82) is 0 Å². The van der Waals surface area contributed by atoms with Crippen molar-refractivity contribution in [3.05, 3.63) is 167 Å². The van der Waals surface area contributed by atoms with Gasteiger partial charge in [0.05, 0.1) is 75.7 Å². The van der Waals surface area contributed by atoms with E-state index in [1.54, 1.807) is 0 Å². The number of carbonyl (C=O) groups is 9. The van der Waals surface area contributed by atoms with Crippen LogP contribution < -0.4 is 0 Å². The highest BCUT2D eigenvalue weighted by Crippen LogP contribution is 3.07. The molecule has 32 rings (SSSR count). The zero-order valence-corrected chi connectivity index (χ0v) is 64.4. The second-order valence-corrected chi connectivity index (χ2v) is 36.6. The normalized spacial score (nSPS) is 41.6.